The molecule has 24 heavy (non-hydrogen) atoms. The van der Waals surface area contributed by atoms with Gasteiger partial charge in [-0.2, -0.15) is 10.4 Å². The van der Waals surface area contributed by atoms with E-state index in [0.717, 1.165) is 27.6 Å². The minimum atomic E-state index is -0.0485. The Kier molecular flexibility index (Phi) is 3.17. The minimum Gasteiger partial charge on any atom is -0.329 e. The van der Waals surface area contributed by atoms with Crippen molar-refractivity contribution in [3.8, 4) is 17.2 Å². The van der Waals surface area contributed by atoms with Gasteiger partial charge in [0.1, 0.15) is 0 Å². The summed E-state index contributed by atoms with van der Waals surface area (Å²) in [4.78, 5) is 14.2. The quantitative estimate of drug-likeness (QED) is 0.754. The molecule has 3 aromatic rings. The van der Waals surface area contributed by atoms with E-state index in [1.807, 2.05) is 36.4 Å². The van der Waals surface area contributed by atoms with Crippen molar-refractivity contribution in [2.75, 3.05) is 6.54 Å². The number of hydrogen-bond acceptors (Lipinski definition) is 3. The van der Waals surface area contributed by atoms with Crippen LogP contribution in [-0.4, -0.2) is 27.5 Å². The molecular weight excluding hydrogens is 300 g/mol. The number of aromatic nitrogens is 2. The SMILES string of the molecule is C=C(C#N)CN1Cc2c(cccc2-c2ccc3[nH]ncc3c2)C1=O. The van der Waals surface area contributed by atoms with Crippen LogP contribution in [0, 0.1) is 11.3 Å². The highest BCUT2D eigenvalue weighted by atomic mass is 16.2. The first-order valence-corrected chi connectivity index (χ1v) is 7.60. The van der Waals surface area contributed by atoms with Gasteiger partial charge < -0.3 is 4.90 Å². The van der Waals surface area contributed by atoms with Crippen LogP contribution in [0.3, 0.4) is 0 Å². The zero-order chi connectivity index (χ0) is 16.7. The lowest BCUT2D eigenvalue weighted by Crippen LogP contribution is -2.25. The Morgan fingerprint density at radius 2 is 2.17 bits per heavy atom. The number of rotatable bonds is 3. The average molecular weight is 314 g/mol. The number of nitrogens with one attached hydrogen (secondary N) is 1. The summed E-state index contributed by atoms with van der Waals surface area (Å²) in [6.45, 7) is 4.44. The third-order valence-corrected chi connectivity index (χ3v) is 4.33. The van der Waals surface area contributed by atoms with Crippen LogP contribution in [0.25, 0.3) is 22.0 Å². The van der Waals surface area contributed by atoms with Crippen LogP contribution in [0.2, 0.25) is 0 Å². The maximum atomic E-state index is 12.6. The first-order chi connectivity index (χ1) is 11.7. The number of fused-ring (bicyclic) bond motifs is 2. The van der Waals surface area contributed by atoms with Crippen LogP contribution < -0.4 is 0 Å². The van der Waals surface area contributed by atoms with E-state index in [9.17, 15) is 4.79 Å². The van der Waals surface area contributed by atoms with Crippen molar-refractivity contribution in [3.63, 3.8) is 0 Å². The number of aromatic amines is 1. The van der Waals surface area contributed by atoms with Gasteiger partial charge in [-0.05, 0) is 34.9 Å². The second-order valence-electron chi connectivity index (χ2n) is 5.88. The maximum absolute atomic E-state index is 12.6. The Bertz CT molecular complexity index is 1030. The fourth-order valence-electron chi connectivity index (χ4n) is 3.16. The van der Waals surface area contributed by atoms with E-state index in [1.54, 1.807) is 11.1 Å². The summed E-state index contributed by atoms with van der Waals surface area (Å²) in [5.74, 6) is -0.0485. The predicted octanol–water partition coefficient (Wildman–Crippen LogP) is 3.27. The summed E-state index contributed by atoms with van der Waals surface area (Å²) in [6, 6.07) is 13.8. The molecule has 5 heteroatoms. The molecule has 0 aliphatic carbocycles. The molecule has 0 spiro atoms. The Morgan fingerprint density at radius 1 is 1.33 bits per heavy atom. The van der Waals surface area contributed by atoms with Crippen LogP contribution >= 0.6 is 0 Å². The Labute approximate surface area is 138 Å². The number of nitriles is 1. The first-order valence-electron chi connectivity index (χ1n) is 7.60. The number of carbonyl (C=O) groups is 1. The average Bonchev–Trinajstić information content (AvgIpc) is 3.19. The highest BCUT2D eigenvalue weighted by Gasteiger charge is 2.29. The highest BCUT2D eigenvalue weighted by Crippen LogP contribution is 2.34. The van der Waals surface area contributed by atoms with Gasteiger partial charge in [0.05, 0.1) is 24.3 Å². The second-order valence-corrected chi connectivity index (χ2v) is 5.88. The fourth-order valence-corrected chi connectivity index (χ4v) is 3.16. The number of nitrogens with zero attached hydrogens (tertiary/aromatic N) is 3. The third kappa shape index (κ3) is 2.17. The monoisotopic (exact) mass is 314 g/mol. The van der Waals surface area contributed by atoms with Gasteiger partial charge in [0.25, 0.3) is 5.91 Å². The molecule has 4 rings (SSSR count). The summed E-state index contributed by atoms with van der Waals surface area (Å²) in [7, 11) is 0. The van der Waals surface area contributed by atoms with E-state index < -0.39 is 0 Å². The Balaban J connectivity index is 1.77. The van der Waals surface area contributed by atoms with Crippen molar-refractivity contribution >= 4 is 16.8 Å². The largest absolute Gasteiger partial charge is 0.329 e. The molecule has 1 aromatic heterocycles. The number of amides is 1. The van der Waals surface area contributed by atoms with Crippen molar-refractivity contribution in [1.29, 1.82) is 5.26 Å². The molecule has 0 atom stereocenters. The topological polar surface area (TPSA) is 72.8 Å². The van der Waals surface area contributed by atoms with Crippen molar-refractivity contribution in [3.05, 3.63) is 65.9 Å². The zero-order valence-electron chi connectivity index (χ0n) is 12.9. The normalized spacial score (nSPS) is 13.1. The Morgan fingerprint density at radius 3 is 3.00 bits per heavy atom. The molecule has 0 unspecified atom stereocenters. The van der Waals surface area contributed by atoms with E-state index in [0.29, 0.717) is 17.7 Å². The number of benzene rings is 2. The van der Waals surface area contributed by atoms with E-state index >= 15 is 0 Å². The summed E-state index contributed by atoms with van der Waals surface area (Å²) in [5, 5.41) is 16.9. The smallest absolute Gasteiger partial charge is 0.254 e. The van der Waals surface area contributed by atoms with E-state index in [4.69, 9.17) is 5.26 Å². The molecule has 1 aliphatic heterocycles. The van der Waals surface area contributed by atoms with Crippen LogP contribution in [0.15, 0.2) is 54.7 Å². The molecule has 0 fully saturated rings. The Hall–Kier alpha value is -3.39. The molecule has 5 nitrogen and oxygen atoms in total. The molecule has 1 N–H and O–H groups in total. The summed E-state index contributed by atoms with van der Waals surface area (Å²) in [5.41, 5.74) is 5.15. The lowest BCUT2D eigenvalue weighted by Gasteiger charge is -2.14. The number of carbonyl (C=O) groups excluding carboxylic acids is 1. The molecule has 2 heterocycles. The first kappa shape index (κ1) is 14.2. The third-order valence-electron chi connectivity index (χ3n) is 4.33. The minimum absolute atomic E-state index is 0.0485. The molecule has 0 saturated heterocycles. The maximum Gasteiger partial charge on any atom is 0.254 e. The van der Waals surface area contributed by atoms with Crippen molar-refractivity contribution in [2.24, 2.45) is 0 Å². The molecular formula is C19H14N4O. The lowest BCUT2D eigenvalue weighted by molar-refractivity contribution is 0.0794. The van der Waals surface area contributed by atoms with Gasteiger partial charge in [-0.25, -0.2) is 0 Å². The van der Waals surface area contributed by atoms with Crippen LogP contribution in [0.5, 0.6) is 0 Å². The summed E-state index contributed by atoms with van der Waals surface area (Å²) >= 11 is 0. The number of hydrogen-bond donors (Lipinski definition) is 1. The van der Waals surface area contributed by atoms with Gasteiger partial charge in [-0.1, -0.05) is 24.8 Å². The van der Waals surface area contributed by atoms with Gasteiger partial charge in [0.15, 0.2) is 0 Å². The molecule has 0 saturated carbocycles. The van der Waals surface area contributed by atoms with Crippen molar-refractivity contribution in [2.45, 2.75) is 6.54 Å². The fraction of sp³-hybridized carbons (Fsp3) is 0.105. The van der Waals surface area contributed by atoms with Crippen LogP contribution in [-0.2, 0) is 6.54 Å². The van der Waals surface area contributed by atoms with E-state index in [2.05, 4.69) is 22.8 Å². The van der Waals surface area contributed by atoms with E-state index in [-0.39, 0.29) is 12.5 Å². The summed E-state index contributed by atoms with van der Waals surface area (Å²) < 4.78 is 0. The molecule has 0 radical (unpaired) electrons. The molecule has 2 aromatic carbocycles. The molecule has 1 amide bonds. The standard InChI is InChI=1S/C19H14N4O/c1-12(8-20)10-23-11-17-15(3-2-4-16(17)19(23)24)13-5-6-18-14(7-13)9-21-22-18/h2-7,9H,1,10-11H2,(H,21,22). The number of H-pyrrole nitrogens is 1. The van der Waals surface area contributed by atoms with Crippen LogP contribution in [0.4, 0.5) is 0 Å². The van der Waals surface area contributed by atoms with Gasteiger partial charge in [-0.3, -0.25) is 9.89 Å². The summed E-state index contributed by atoms with van der Waals surface area (Å²) in [6.07, 6.45) is 1.79. The zero-order valence-corrected chi connectivity index (χ0v) is 12.9. The van der Waals surface area contributed by atoms with Gasteiger partial charge in [0.2, 0.25) is 0 Å². The van der Waals surface area contributed by atoms with E-state index in [1.165, 1.54) is 0 Å². The van der Waals surface area contributed by atoms with Crippen molar-refractivity contribution in [1.82, 2.24) is 15.1 Å². The highest BCUT2D eigenvalue weighted by molar-refractivity contribution is 6.01. The van der Waals surface area contributed by atoms with Gasteiger partial charge in [0, 0.05) is 23.1 Å². The lowest BCUT2D eigenvalue weighted by atomic mass is 9.96. The van der Waals surface area contributed by atoms with Crippen LogP contribution in [0.1, 0.15) is 15.9 Å². The molecule has 0 bridgehead atoms. The molecule has 116 valence electrons. The second kappa shape index (κ2) is 5.36. The van der Waals surface area contributed by atoms with Crippen molar-refractivity contribution < 1.29 is 4.79 Å². The van der Waals surface area contributed by atoms with Gasteiger partial charge >= 0.3 is 0 Å². The predicted molar refractivity (Wildman–Crippen MR) is 91.0 cm³/mol. The molecule has 1 aliphatic rings. The van der Waals surface area contributed by atoms with Gasteiger partial charge in [-0.15, -0.1) is 0 Å².